The SMILES string of the molecule is Cc1ccc(-c2nc(CSc3nnc(-c4ccncc4)n3-c3ccccc3C)co2)c(C)c1. The molecule has 5 rings (SSSR count). The first-order valence-corrected chi connectivity index (χ1v) is 11.7. The van der Waals surface area contributed by atoms with E-state index >= 15 is 0 Å². The summed E-state index contributed by atoms with van der Waals surface area (Å²) >= 11 is 1.59. The van der Waals surface area contributed by atoms with Crippen molar-refractivity contribution in [2.45, 2.75) is 31.7 Å². The number of para-hydroxylation sites is 1. The van der Waals surface area contributed by atoms with E-state index in [2.05, 4.69) is 70.9 Å². The molecule has 0 saturated heterocycles. The Balaban J connectivity index is 1.46. The van der Waals surface area contributed by atoms with Gasteiger partial charge >= 0.3 is 0 Å². The van der Waals surface area contributed by atoms with E-state index in [9.17, 15) is 0 Å². The molecule has 6 nitrogen and oxygen atoms in total. The van der Waals surface area contributed by atoms with Crippen molar-refractivity contribution in [1.29, 1.82) is 0 Å². The molecule has 7 heteroatoms. The fourth-order valence-corrected chi connectivity index (χ4v) is 4.59. The fourth-order valence-electron chi connectivity index (χ4n) is 3.77. The molecule has 5 aromatic rings. The normalized spacial score (nSPS) is 11.1. The van der Waals surface area contributed by atoms with Gasteiger partial charge < -0.3 is 4.42 Å². The molecule has 0 bridgehead atoms. The van der Waals surface area contributed by atoms with Crippen LogP contribution < -0.4 is 0 Å². The van der Waals surface area contributed by atoms with Gasteiger partial charge in [-0.3, -0.25) is 9.55 Å². The van der Waals surface area contributed by atoms with Crippen LogP contribution in [0.1, 0.15) is 22.4 Å². The molecule has 0 fully saturated rings. The smallest absolute Gasteiger partial charge is 0.226 e. The van der Waals surface area contributed by atoms with Gasteiger partial charge in [-0.15, -0.1) is 10.2 Å². The molecule has 0 saturated carbocycles. The van der Waals surface area contributed by atoms with Crippen molar-refractivity contribution < 1.29 is 4.42 Å². The van der Waals surface area contributed by atoms with Gasteiger partial charge in [0.1, 0.15) is 6.26 Å². The summed E-state index contributed by atoms with van der Waals surface area (Å²) in [5.74, 6) is 2.04. The van der Waals surface area contributed by atoms with Crippen molar-refractivity contribution in [1.82, 2.24) is 24.7 Å². The zero-order valence-corrected chi connectivity index (χ0v) is 19.5. The predicted molar refractivity (Wildman–Crippen MR) is 130 cm³/mol. The maximum Gasteiger partial charge on any atom is 0.226 e. The molecule has 0 aliphatic rings. The highest BCUT2D eigenvalue weighted by Crippen LogP contribution is 2.31. The van der Waals surface area contributed by atoms with Crippen LogP contribution in [0.5, 0.6) is 0 Å². The summed E-state index contributed by atoms with van der Waals surface area (Å²) in [6.45, 7) is 6.25. The molecule has 0 aliphatic heterocycles. The summed E-state index contributed by atoms with van der Waals surface area (Å²) in [6.07, 6.45) is 5.26. The Bertz CT molecular complexity index is 1410. The number of pyridine rings is 1. The number of nitrogens with zero attached hydrogens (tertiary/aromatic N) is 5. The molecule has 3 heterocycles. The van der Waals surface area contributed by atoms with Crippen LogP contribution in [0.4, 0.5) is 0 Å². The standard InChI is InChI=1S/C26H23N5OS/c1-17-8-9-22(19(3)14-17)25-28-21(15-32-25)16-33-26-30-29-24(20-10-12-27-13-11-20)31(26)23-7-5-4-6-18(23)2/h4-15H,16H2,1-3H3. The molecule has 2 aromatic carbocycles. The Kier molecular flexibility index (Phi) is 5.79. The van der Waals surface area contributed by atoms with Gasteiger partial charge in [0.15, 0.2) is 11.0 Å². The van der Waals surface area contributed by atoms with Gasteiger partial charge in [-0.1, -0.05) is 47.7 Å². The number of thioether (sulfide) groups is 1. The van der Waals surface area contributed by atoms with Crippen molar-refractivity contribution in [2.75, 3.05) is 0 Å². The minimum atomic E-state index is 0.620. The molecule has 33 heavy (non-hydrogen) atoms. The Hall–Kier alpha value is -3.71. The number of rotatable bonds is 6. The quantitative estimate of drug-likeness (QED) is 0.285. The maximum absolute atomic E-state index is 5.79. The summed E-state index contributed by atoms with van der Waals surface area (Å²) in [5, 5.41) is 9.82. The van der Waals surface area contributed by atoms with Gasteiger partial charge in [-0.05, 0) is 56.2 Å². The maximum atomic E-state index is 5.79. The number of oxazole rings is 1. The number of aryl methyl sites for hydroxylation is 3. The lowest BCUT2D eigenvalue weighted by molar-refractivity contribution is 0.573. The van der Waals surface area contributed by atoms with Crippen molar-refractivity contribution in [3.05, 3.63) is 95.6 Å². The third-order valence-electron chi connectivity index (χ3n) is 5.44. The average Bonchev–Trinajstić information content (AvgIpc) is 3.46. The van der Waals surface area contributed by atoms with E-state index in [1.165, 1.54) is 5.56 Å². The Morgan fingerprint density at radius 2 is 1.73 bits per heavy atom. The number of aromatic nitrogens is 5. The van der Waals surface area contributed by atoms with Crippen LogP contribution in [-0.4, -0.2) is 24.7 Å². The minimum absolute atomic E-state index is 0.620. The molecular formula is C26H23N5OS. The van der Waals surface area contributed by atoms with Crippen molar-refractivity contribution >= 4 is 11.8 Å². The Morgan fingerprint density at radius 1 is 0.909 bits per heavy atom. The highest BCUT2D eigenvalue weighted by Gasteiger charge is 2.18. The lowest BCUT2D eigenvalue weighted by atomic mass is 10.1. The third-order valence-corrected chi connectivity index (χ3v) is 6.40. The molecule has 0 radical (unpaired) electrons. The summed E-state index contributed by atoms with van der Waals surface area (Å²) in [7, 11) is 0. The topological polar surface area (TPSA) is 69.6 Å². The largest absolute Gasteiger partial charge is 0.444 e. The molecule has 0 amide bonds. The first-order chi connectivity index (χ1) is 16.1. The molecular weight excluding hydrogens is 430 g/mol. The summed E-state index contributed by atoms with van der Waals surface area (Å²) < 4.78 is 7.89. The van der Waals surface area contributed by atoms with Gasteiger partial charge in [0.25, 0.3) is 0 Å². The van der Waals surface area contributed by atoms with E-state index < -0.39 is 0 Å². The monoisotopic (exact) mass is 453 g/mol. The van der Waals surface area contributed by atoms with E-state index in [0.29, 0.717) is 11.6 Å². The van der Waals surface area contributed by atoms with Gasteiger partial charge in [0, 0.05) is 29.3 Å². The third kappa shape index (κ3) is 4.32. The van der Waals surface area contributed by atoms with E-state index in [1.54, 1.807) is 30.4 Å². The van der Waals surface area contributed by atoms with Crippen LogP contribution in [0.25, 0.3) is 28.5 Å². The Morgan fingerprint density at radius 3 is 2.52 bits per heavy atom. The van der Waals surface area contributed by atoms with Crippen LogP contribution in [0.15, 0.2) is 82.8 Å². The lowest BCUT2D eigenvalue weighted by Gasteiger charge is -2.12. The highest BCUT2D eigenvalue weighted by molar-refractivity contribution is 7.98. The first kappa shape index (κ1) is 21.2. The van der Waals surface area contributed by atoms with E-state index in [4.69, 9.17) is 9.40 Å². The van der Waals surface area contributed by atoms with Crippen molar-refractivity contribution in [2.24, 2.45) is 0 Å². The Labute approximate surface area is 196 Å². The van der Waals surface area contributed by atoms with Gasteiger partial charge in [-0.2, -0.15) is 0 Å². The molecule has 0 atom stereocenters. The molecule has 0 N–H and O–H groups in total. The molecule has 164 valence electrons. The number of benzene rings is 2. The summed E-state index contributed by atoms with van der Waals surface area (Å²) in [4.78, 5) is 8.85. The van der Waals surface area contributed by atoms with Crippen LogP contribution >= 0.6 is 11.8 Å². The molecule has 0 spiro atoms. The van der Waals surface area contributed by atoms with Crippen LogP contribution in [0.3, 0.4) is 0 Å². The number of hydrogen-bond donors (Lipinski definition) is 0. The molecule has 0 aliphatic carbocycles. The van der Waals surface area contributed by atoms with E-state index in [-0.39, 0.29) is 0 Å². The minimum Gasteiger partial charge on any atom is -0.444 e. The second kappa shape index (κ2) is 9.03. The van der Waals surface area contributed by atoms with E-state index in [1.807, 2.05) is 24.3 Å². The zero-order chi connectivity index (χ0) is 22.8. The van der Waals surface area contributed by atoms with Crippen LogP contribution in [0.2, 0.25) is 0 Å². The van der Waals surface area contributed by atoms with Gasteiger partial charge in [-0.25, -0.2) is 4.98 Å². The van der Waals surface area contributed by atoms with Gasteiger partial charge in [0.2, 0.25) is 5.89 Å². The van der Waals surface area contributed by atoms with Crippen molar-refractivity contribution in [3.63, 3.8) is 0 Å². The van der Waals surface area contributed by atoms with Crippen molar-refractivity contribution in [3.8, 4) is 28.5 Å². The predicted octanol–water partition coefficient (Wildman–Crippen LogP) is 6.20. The average molecular weight is 454 g/mol. The van der Waals surface area contributed by atoms with Crippen LogP contribution in [0, 0.1) is 20.8 Å². The van der Waals surface area contributed by atoms with Crippen LogP contribution in [-0.2, 0) is 5.75 Å². The number of hydrogen-bond acceptors (Lipinski definition) is 6. The van der Waals surface area contributed by atoms with E-state index in [0.717, 1.165) is 44.6 Å². The fraction of sp³-hybridized carbons (Fsp3) is 0.154. The first-order valence-electron chi connectivity index (χ1n) is 10.7. The summed E-state index contributed by atoms with van der Waals surface area (Å²) in [6, 6.07) is 18.4. The van der Waals surface area contributed by atoms with Gasteiger partial charge in [0.05, 0.1) is 11.4 Å². The zero-order valence-electron chi connectivity index (χ0n) is 18.7. The molecule has 0 unspecified atom stereocenters. The molecule has 3 aromatic heterocycles. The summed E-state index contributed by atoms with van der Waals surface area (Å²) in [5.41, 5.74) is 7.41. The second-order valence-corrected chi connectivity index (χ2v) is 8.86. The highest BCUT2D eigenvalue weighted by atomic mass is 32.2. The lowest BCUT2D eigenvalue weighted by Crippen LogP contribution is -2.02. The second-order valence-electron chi connectivity index (χ2n) is 7.92.